The van der Waals surface area contributed by atoms with E-state index < -0.39 is 22.2 Å². The standard InChI is InChI=1S/C16H32F3N5O2S.HI/c1-5-20-15(21-8-7-9-24(6-2)27(4,25)26)23-12-10-22(11-13-23)14(3)16(17,18)19;/h14H,5-13H2,1-4H3,(H,20,21);1H. The molecule has 0 saturated carbocycles. The Bertz CT molecular complexity index is 581. The predicted molar refractivity (Wildman–Crippen MR) is 117 cm³/mol. The number of aliphatic imine (C=N–C) groups is 1. The van der Waals surface area contributed by atoms with E-state index in [9.17, 15) is 21.6 Å². The van der Waals surface area contributed by atoms with Gasteiger partial charge in [-0.3, -0.25) is 9.89 Å². The molecule has 168 valence electrons. The van der Waals surface area contributed by atoms with E-state index in [0.29, 0.717) is 64.7 Å². The number of halogens is 4. The Hall–Kier alpha value is -0.340. The summed E-state index contributed by atoms with van der Waals surface area (Å²) in [5.41, 5.74) is 0. The van der Waals surface area contributed by atoms with Gasteiger partial charge >= 0.3 is 6.18 Å². The van der Waals surface area contributed by atoms with Crippen molar-refractivity contribution in [3.63, 3.8) is 0 Å². The molecule has 0 aromatic rings. The van der Waals surface area contributed by atoms with Gasteiger partial charge in [-0.2, -0.15) is 13.2 Å². The van der Waals surface area contributed by atoms with Gasteiger partial charge in [0.1, 0.15) is 6.04 Å². The number of sulfonamides is 1. The zero-order chi connectivity index (χ0) is 20.7. The maximum absolute atomic E-state index is 12.9. The fourth-order valence-corrected chi connectivity index (χ4v) is 3.87. The molecule has 1 rings (SSSR count). The van der Waals surface area contributed by atoms with E-state index in [4.69, 9.17) is 0 Å². The molecule has 1 heterocycles. The SMILES string of the molecule is CCNC(=NCCCN(CC)S(C)(=O)=O)N1CCN(C(C)C(F)(F)F)CC1.I. The van der Waals surface area contributed by atoms with Gasteiger partial charge in [0.05, 0.1) is 6.26 Å². The first-order valence-corrected chi connectivity index (χ1v) is 11.1. The predicted octanol–water partition coefficient (Wildman–Crippen LogP) is 1.81. The van der Waals surface area contributed by atoms with Crippen LogP contribution < -0.4 is 5.32 Å². The average Bonchev–Trinajstić information content (AvgIpc) is 2.58. The molecule has 1 aliphatic rings. The van der Waals surface area contributed by atoms with Crippen molar-refractivity contribution in [1.29, 1.82) is 0 Å². The molecule has 12 heteroatoms. The molecule has 0 aromatic heterocycles. The first-order valence-electron chi connectivity index (χ1n) is 9.29. The fraction of sp³-hybridized carbons (Fsp3) is 0.938. The van der Waals surface area contributed by atoms with Crippen molar-refractivity contribution in [2.75, 3.05) is 58.6 Å². The lowest BCUT2D eigenvalue weighted by Gasteiger charge is -2.39. The third-order valence-electron chi connectivity index (χ3n) is 4.62. The van der Waals surface area contributed by atoms with E-state index in [1.165, 1.54) is 22.4 Å². The highest BCUT2D eigenvalue weighted by molar-refractivity contribution is 14.0. The largest absolute Gasteiger partial charge is 0.403 e. The van der Waals surface area contributed by atoms with Crippen LogP contribution in [0.25, 0.3) is 0 Å². The number of nitrogens with zero attached hydrogens (tertiary/aromatic N) is 4. The van der Waals surface area contributed by atoms with E-state index in [-0.39, 0.29) is 24.0 Å². The molecule has 1 aliphatic heterocycles. The van der Waals surface area contributed by atoms with Gasteiger partial charge < -0.3 is 10.2 Å². The molecule has 0 aliphatic carbocycles. The minimum absolute atomic E-state index is 0. The second-order valence-electron chi connectivity index (χ2n) is 6.58. The smallest absolute Gasteiger partial charge is 0.357 e. The second-order valence-corrected chi connectivity index (χ2v) is 8.57. The lowest BCUT2D eigenvalue weighted by atomic mass is 10.2. The number of piperazine rings is 1. The first kappa shape index (κ1) is 27.7. The minimum Gasteiger partial charge on any atom is -0.357 e. The lowest BCUT2D eigenvalue weighted by molar-refractivity contribution is -0.181. The van der Waals surface area contributed by atoms with Gasteiger partial charge in [0.2, 0.25) is 10.0 Å². The number of hydrogen-bond acceptors (Lipinski definition) is 4. The van der Waals surface area contributed by atoms with Gasteiger partial charge in [0.25, 0.3) is 0 Å². The number of nitrogens with one attached hydrogen (secondary N) is 1. The average molecular weight is 543 g/mol. The normalized spacial score (nSPS) is 18.1. The highest BCUT2D eigenvalue weighted by Crippen LogP contribution is 2.25. The van der Waals surface area contributed by atoms with Gasteiger partial charge in [-0.15, -0.1) is 24.0 Å². The van der Waals surface area contributed by atoms with Crippen molar-refractivity contribution in [3.8, 4) is 0 Å². The monoisotopic (exact) mass is 543 g/mol. The number of hydrogen-bond donors (Lipinski definition) is 1. The molecule has 0 bridgehead atoms. The molecular formula is C16H33F3IN5O2S. The maximum atomic E-state index is 12.9. The topological polar surface area (TPSA) is 68.2 Å². The molecular weight excluding hydrogens is 510 g/mol. The van der Waals surface area contributed by atoms with Crippen LogP contribution in [-0.2, 0) is 10.0 Å². The summed E-state index contributed by atoms with van der Waals surface area (Å²) in [6.45, 7) is 8.41. The number of rotatable bonds is 8. The summed E-state index contributed by atoms with van der Waals surface area (Å²) in [6, 6.07) is -1.45. The third kappa shape index (κ3) is 8.99. The van der Waals surface area contributed by atoms with Crippen molar-refractivity contribution in [3.05, 3.63) is 0 Å². The van der Waals surface area contributed by atoms with Crippen molar-refractivity contribution in [1.82, 2.24) is 19.4 Å². The van der Waals surface area contributed by atoms with Crippen LogP contribution in [0.4, 0.5) is 13.2 Å². The summed E-state index contributed by atoms with van der Waals surface area (Å²) in [7, 11) is -3.21. The van der Waals surface area contributed by atoms with E-state index in [0.717, 1.165) is 0 Å². The Labute approximate surface area is 183 Å². The summed E-state index contributed by atoms with van der Waals surface area (Å²) in [5.74, 6) is 0.666. The molecule has 1 unspecified atom stereocenters. The van der Waals surface area contributed by atoms with Crippen LogP contribution in [0, 0.1) is 0 Å². The minimum atomic E-state index is -4.22. The van der Waals surface area contributed by atoms with Crippen LogP contribution in [0.1, 0.15) is 27.2 Å². The van der Waals surface area contributed by atoms with E-state index >= 15 is 0 Å². The Morgan fingerprint density at radius 2 is 1.79 bits per heavy atom. The van der Waals surface area contributed by atoms with Crippen molar-refractivity contribution >= 4 is 40.0 Å². The molecule has 1 fully saturated rings. The van der Waals surface area contributed by atoms with E-state index in [1.54, 1.807) is 6.92 Å². The Morgan fingerprint density at radius 1 is 1.21 bits per heavy atom. The molecule has 0 spiro atoms. The Balaban J connectivity index is 0.00000729. The number of alkyl halides is 3. The van der Waals surface area contributed by atoms with Gasteiger partial charge in [0, 0.05) is 52.4 Å². The van der Waals surface area contributed by atoms with Crippen LogP contribution in [0.15, 0.2) is 4.99 Å². The van der Waals surface area contributed by atoms with Crippen LogP contribution in [0.2, 0.25) is 0 Å². The summed E-state index contributed by atoms with van der Waals surface area (Å²) in [6.07, 6.45) is -2.45. The molecule has 1 N–H and O–H groups in total. The zero-order valence-electron chi connectivity index (χ0n) is 17.0. The molecule has 0 amide bonds. The summed E-state index contributed by atoms with van der Waals surface area (Å²) >= 11 is 0. The summed E-state index contributed by atoms with van der Waals surface area (Å²) in [5, 5.41) is 3.16. The van der Waals surface area contributed by atoms with Crippen LogP contribution in [0.5, 0.6) is 0 Å². The van der Waals surface area contributed by atoms with Crippen LogP contribution in [-0.4, -0.2) is 99.3 Å². The molecule has 1 saturated heterocycles. The molecule has 1 atom stereocenters. The van der Waals surface area contributed by atoms with Crippen molar-refractivity contribution < 1.29 is 21.6 Å². The van der Waals surface area contributed by atoms with Crippen LogP contribution in [0.3, 0.4) is 0 Å². The Kier molecular flexibility index (Phi) is 12.2. The van der Waals surface area contributed by atoms with Crippen LogP contribution >= 0.6 is 24.0 Å². The Morgan fingerprint density at radius 3 is 2.21 bits per heavy atom. The zero-order valence-corrected chi connectivity index (χ0v) is 20.1. The van der Waals surface area contributed by atoms with E-state index in [2.05, 4.69) is 10.3 Å². The van der Waals surface area contributed by atoms with Crippen molar-refractivity contribution in [2.24, 2.45) is 4.99 Å². The molecule has 28 heavy (non-hydrogen) atoms. The van der Waals surface area contributed by atoms with Crippen molar-refractivity contribution in [2.45, 2.75) is 39.4 Å². The highest BCUT2D eigenvalue weighted by Gasteiger charge is 2.41. The van der Waals surface area contributed by atoms with Gasteiger partial charge in [-0.25, -0.2) is 12.7 Å². The lowest BCUT2D eigenvalue weighted by Crippen LogP contribution is -2.56. The van der Waals surface area contributed by atoms with E-state index in [1.807, 2.05) is 11.8 Å². The summed E-state index contributed by atoms with van der Waals surface area (Å²) < 4.78 is 63.1. The van der Waals surface area contributed by atoms with Gasteiger partial charge in [-0.1, -0.05) is 6.92 Å². The summed E-state index contributed by atoms with van der Waals surface area (Å²) in [4.78, 5) is 7.90. The molecule has 0 radical (unpaired) electrons. The maximum Gasteiger partial charge on any atom is 0.403 e. The number of guanidine groups is 1. The molecule has 7 nitrogen and oxygen atoms in total. The third-order valence-corrected chi connectivity index (χ3v) is 6.00. The quantitative estimate of drug-likeness (QED) is 0.219. The van der Waals surface area contributed by atoms with Gasteiger partial charge in [0.15, 0.2) is 5.96 Å². The van der Waals surface area contributed by atoms with Gasteiger partial charge in [-0.05, 0) is 20.3 Å². The highest BCUT2D eigenvalue weighted by atomic mass is 127. The molecule has 0 aromatic carbocycles. The first-order chi connectivity index (χ1) is 12.5. The fourth-order valence-electron chi connectivity index (χ4n) is 2.94. The second kappa shape index (κ2) is 12.4.